The first kappa shape index (κ1) is 17.0. The van der Waals surface area contributed by atoms with Crippen LogP contribution in [0, 0.1) is 19.7 Å². The van der Waals surface area contributed by atoms with E-state index in [0.717, 1.165) is 28.4 Å². The Morgan fingerprint density at radius 1 is 1.08 bits per heavy atom. The third-order valence-corrected chi connectivity index (χ3v) is 4.04. The summed E-state index contributed by atoms with van der Waals surface area (Å²) in [6, 6.07) is 16.4. The summed E-state index contributed by atoms with van der Waals surface area (Å²) in [5.41, 5.74) is 4.88. The maximum absolute atomic E-state index is 13.3. The molecule has 0 spiro atoms. The molecule has 3 nitrogen and oxygen atoms in total. The number of aliphatic imine (C=N–C) groups is 1. The number of rotatable bonds is 5. The second kappa shape index (κ2) is 7.34. The van der Waals surface area contributed by atoms with Crippen molar-refractivity contribution in [2.45, 2.75) is 20.8 Å². The first-order valence-electron chi connectivity index (χ1n) is 8.30. The van der Waals surface area contributed by atoms with E-state index in [1.54, 1.807) is 18.3 Å². The van der Waals surface area contributed by atoms with Gasteiger partial charge in [0.05, 0.1) is 12.3 Å². The van der Waals surface area contributed by atoms with Crippen molar-refractivity contribution in [2.75, 3.05) is 6.61 Å². The van der Waals surface area contributed by atoms with Crippen molar-refractivity contribution in [3.63, 3.8) is 0 Å². The Balaban J connectivity index is 1.90. The molecule has 2 aromatic carbocycles. The van der Waals surface area contributed by atoms with Gasteiger partial charge < -0.3 is 9.30 Å². The van der Waals surface area contributed by atoms with Gasteiger partial charge in [0.15, 0.2) is 0 Å². The van der Waals surface area contributed by atoms with Gasteiger partial charge in [0.25, 0.3) is 0 Å². The van der Waals surface area contributed by atoms with Crippen molar-refractivity contribution in [2.24, 2.45) is 4.99 Å². The summed E-state index contributed by atoms with van der Waals surface area (Å²) >= 11 is 0. The zero-order valence-corrected chi connectivity index (χ0v) is 14.7. The number of hydrogen-bond acceptors (Lipinski definition) is 2. The smallest absolute Gasteiger partial charge is 0.125 e. The van der Waals surface area contributed by atoms with Crippen molar-refractivity contribution in [3.8, 4) is 11.4 Å². The molecule has 3 aromatic rings. The quantitative estimate of drug-likeness (QED) is 0.574. The third-order valence-electron chi connectivity index (χ3n) is 4.04. The Labute approximate surface area is 147 Å². The van der Waals surface area contributed by atoms with Gasteiger partial charge >= 0.3 is 0 Å². The van der Waals surface area contributed by atoms with E-state index < -0.39 is 0 Å². The Morgan fingerprint density at radius 2 is 1.84 bits per heavy atom. The molecule has 1 heterocycles. The van der Waals surface area contributed by atoms with Crippen LogP contribution in [0.4, 0.5) is 10.1 Å². The molecule has 0 N–H and O–H groups in total. The first-order chi connectivity index (χ1) is 12.1. The summed E-state index contributed by atoms with van der Waals surface area (Å²) in [5.74, 6) is 0.580. The first-order valence-corrected chi connectivity index (χ1v) is 8.30. The summed E-state index contributed by atoms with van der Waals surface area (Å²) in [6.07, 6.45) is 1.78. The molecule has 128 valence electrons. The summed E-state index contributed by atoms with van der Waals surface area (Å²) in [4.78, 5) is 4.39. The fraction of sp³-hybridized carbons (Fsp3) is 0.190. The summed E-state index contributed by atoms with van der Waals surface area (Å²) in [5, 5.41) is 0. The van der Waals surface area contributed by atoms with Gasteiger partial charge in [-0.2, -0.15) is 0 Å². The maximum Gasteiger partial charge on any atom is 0.125 e. The van der Waals surface area contributed by atoms with Crippen LogP contribution >= 0.6 is 0 Å². The second-order valence-electron chi connectivity index (χ2n) is 5.83. The minimum atomic E-state index is -0.283. The fourth-order valence-corrected chi connectivity index (χ4v) is 2.87. The van der Waals surface area contributed by atoms with E-state index in [1.165, 1.54) is 12.1 Å². The molecule has 4 heteroatoms. The van der Waals surface area contributed by atoms with Gasteiger partial charge in [-0.25, -0.2) is 4.39 Å². The molecule has 0 unspecified atom stereocenters. The van der Waals surface area contributed by atoms with Crippen LogP contribution < -0.4 is 4.74 Å². The summed E-state index contributed by atoms with van der Waals surface area (Å²) < 4.78 is 20.9. The normalized spacial score (nSPS) is 11.2. The fourth-order valence-electron chi connectivity index (χ4n) is 2.87. The lowest BCUT2D eigenvalue weighted by molar-refractivity contribution is 0.340. The van der Waals surface area contributed by atoms with Crippen LogP contribution in [-0.4, -0.2) is 17.4 Å². The Morgan fingerprint density at radius 3 is 2.52 bits per heavy atom. The second-order valence-corrected chi connectivity index (χ2v) is 5.83. The van der Waals surface area contributed by atoms with Gasteiger partial charge in [0.1, 0.15) is 11.6 Å². The van der Waals surface area contributed by atoms with Gasteiger partial charge in [-0.15, -0.1) is 0 Å². The maximum atomic E-state index is 13.3. The highest BCUT2D eigenvalue weighted by molar-refractivity contribution is 5.84. The van der Waals surface area contributed by atoms with Gasteiger partial charge in [-0.3, -0.25) is 4.99 Å². The van der Waals surface area contributed by atoms with E-state index in [2.05, 4.69) is 29.5 Å². The van der Waals surface area contributed by atoms with Crippen molar-refractivity contribution in [1.29, 1.82) is 0 Å². The van der Waals surface area contributed by atoms with Crippen molar-refractivity contribution in [3.05, 3.63) is 77.4 Å². The molecule has 0 amide bonds. The average Bonchev–Trinajstić information content (AvgIpc) is 2.88. The van der Waals surface area contributed by atoms with Gasteiger partial charge in [-0.05, 0) is 69.3 Å². The average molecular weight is 336 g/mol. The number of nitrogens with zero attached hydrogens (tertiary/aromatic N) is 2. The number of halogens is 1. The number of ether oxygens (including phenoxy) is 1. The molecular formula is C21H21FN2O. The minimum Gasteiger partial charge on any atom is -0.494 e. The minimum absolute atomic E-state index is 0.283. The highest BCUT2D eigenvalue weighted by Crippen LogP contribution is 2.23. The lowest BCUT2D eigenvalue weighted by atomic mass is 10.2. The lowest BCUT2D eigenvalue weighted by Crippen LogP contribution is -2.00. The molecule has 25 heavy (non-hydrogen) atoms. The van der Waals surface area contributed by atoms with E-state index >= 15 is 0 Å². The number of benzene rings is 2. The molecular weight excluding hydrogens is 315 g/mol. The Hall–Kier alpha value is -2.88. The van der Waals surface area contributed by atoms with E-state index in [9.17, 15) is 4.39 Å². The Bertz CT molecular complexity index is 895. The van der Waals surface area contributed by atoms with Gasteiger partial charge in [0.2, 0.25) is 0 Å². The SMILES string of the molecule is CCOc1ccc(-n2c(C)cc(C=Nc3cccc(F)c3)c2C)cc1. The molecule has 0 bridgehead atoms. The predicted octanol–water partition coefficient (Wildman–Crippen LogP) is 5.38. The predicted molar refractivity (Wildman–Crippen MR) is 100 cm³/mol. The van der Waals surface area contributed by atoms with Gasteiger partial charge in [0, 0.05) is 28.9 Å². The van der Waals surface area contributed by atoms with E-state index in [-0.39, 0.29) is 5.82 Å². The topological polar surface area (TPSA) is 26.5 Å². The highest BCUT2D eigenvalue weighted by Gasteiger charge is 2.09. The van der Waals surface area contributed by atoms with E-state index in [0.29, 0.717) is 12.3 Å². The van der Waals surface area contributed by atoms with Crippen LogP contribution in [0.3, 0.4) is 0 Å². The van der Waals surface area contributed by atoms with Crippen molar-refractivity contribution in [1.82, 2.24) is 4.57 Å². The van der Waals surface area contributed by atoms with Crippen LogP contribution in [-0.2, 0) is 0 Å². The Kier molecular flexibility index (Phi) is 4.98. The van der Waals surface area contributed by atoms with Crippen LogP contribution in [0.2, 0.25) is 0 Å². The van der Waals surface area contributed by atoms with Crippen LogP contribution in [0.25, 0.3) is 5.69 Å². The highest BCUT2D eigenvalue weighted by atomic mass is 19.1. The van der Waals surface area contributed by atoms with E-state index in [1.807, 2.05) is 31.2 Å². The number of hydrogen-bond donors (Lipinski definition) is 0. The standard InChI is InChI=1S/C21H21FN2O/c1-4-25-21-10-8-20(9-11-21)24-15(2)12-17(16(24)3)14-23-19-7-5-6-18(22)13-19/h5-14H,4H2,1-3H3. The monoisotopic (exact) mass is 336 g/mol. The summed E-state index contributed by atoms with van der Waals surface area (Å²) in [6.45, 7) is 6.74. The van der Waals surface area contributed by atoms with Gasteiger partial charge in [-0.1, -0.05) is 6.07 Å². The molecule has 0 fully saturated rings. The lowest BCUT2D eigenvalue weighted by Gasteiger charge is -2.10. The molecule has 0 saturated carbocycles. The molecule has 0 aliphatic carbocycles. The molecule has 0 saturated heterocycles. The molecule has 0 radical (unpaired) electrons. The largest absolute Gasteiger partial charge is 0.494 e. The molecule has 0 aliphatic rings. The zero-order chi connectivity index (χ0) is 17.8. The summed E-state index contributed by atoms with van der Waals surface area (Å²) in [7, 11) is 0. The van der Waals surface area contributed by atoms with E-state index in [4.69, 9.17) is 4.74 Å². The van der Waals surface area contributed by atoms with Crippen molar-refractivity contribution >= 4 is 11.9 Å². The number of aryl methyl sites for hydroxylation is 1. The third kappa shape index (κ3) is 3.79. The molecule has 1 aromatic heterocycles. The molecule has 0 aliphatic heterocycles. The van der Waals surface area contributed by atoms with Crippen molar-refractivity contribution < 1.29 is 9.13 Å². The number of aromatic nitrogens is 1. The molecule has 0 atom stereocenters. The van der Waals surface area contributed by atoms with Crippen LogP contribution in [0.1, 0.15) is 23.9 Å². The van der Waals surface area contributed by atoms with Crippen LogP contribution in [0.5, 0.6) is 5.75 Å². The molecule has 3 rings (SSSR count). The zero-order valence-electron chi connectivity index (χ0n) is 14.7. The van der Waals surface area contributed by atoms with Crippen LogP contribution in [0.15, 0.2) is 59.6 Å².